The fourth-order valence-corrected chi connectivity index (χ4v) is 3.47. The van der Waals surface area contributed by atoms with Gasteiger partial charge in [-0.2, -0.15) is 20.3 Å². The summed E-state index contributed by atoms with van der Waals surface area (Å²) in [4.78, 5) is 20.6. The van der Waals surface area contributed by atoms with Crippen LogP contribution in [0.4, 0.5) is 11.8 Å². The van der Waals surface area contributed by atoms with E-state index in [1.165, 1.54) is 0 Å². The summed E-state index contributed by atoms with van der Waals surface area (Å²) in [6, 6.07) is 8.13. The van der Waals surface area contributed by atoms with E-state index < -0.39 is 0 Å². The molecule has 0 spiro atoms. The van der Waals surface area contributed by atoms with Gasteiger partial charge in [0.2, 0.25) is 11.6 Å². The Hall–Kier alpha value is -3.07. The van der Waals surface area contributed by atoms with Crippen LogP contribution in [0.25, 0.3) is 11.2 Å². The Labute approximate surface area is 162 Å². The average Bonchev–Trinajstić information content (AvgIpc) is 3.17. The molecule has 0 bridgehead atoms. The van der Waals surface area contributed by atoms with Crippen LogP contribution >= 0.6 is 0 Å². The molecule has 0 radical (unpaired) electrons. The molecule has 1 aliphatic carbocycles. The number of H-pyrrole nitrogens is 1. The van der Waals surface area contributed by atoms with Crippen molar-refractivity contribution in [2.75, 3.05) is 10.6 Å². The van der Waals surface area contributed by atoms with E-state index in [9.17, 15) is 4.79 Å². The first kappa shape index (κ1) is 18.3. The molecule has 5 N–H and O–H groups in total. The molecule has 0 amide bonds. The lowest BCUT2D eigenvalue weighted by atomic mass is 9.92. The zero-order valence-corrected chi connectivity index (χ0v) is 15.8. The molecule has 0 saturated heterocycles. The Bertz CT molecular complexity index is 977. The van der Waals surface area contributed by atoms with Crippen molar-refractivity contribution in [1.29, 1.82) is 0 Å². The van der Waals surface area contributed by atoms with E-state index in [-0.39, 0.29) is 5.78 Å². The highest BCUT2D eigenvalue weighted by Gasteiger charge is 2.20. The quantitative estimate of drug-likeness (QED) is 0.478. The van der Waals surface area contributed by atoms with Crippen LogP contribution in [0.15, 0.2) is 24.3 Å². The molecule has 0 unspecified atom stereocenters. The minimum atomic E-state index is 0.0430. The number of carbonyl (C=O) groups is 1. The minimum absolute atomic E-state index is 0.0430. The molecule has 9 heteroatoms. The van der Waals surface area contributed by atoms with Crippen LogP contribution in [0, 0.1) is 0 Å². The molecule has 3 aromatic rings. The molecular formula is C19H24N8O. The smallest absolute Gasteiger partial charge is 0.227 e. The second-order valence-corrected chi connectivity index (χ2v) is 7.26. The molecule has 2 aromatic heterocycles. The molecule has 28 heavy (non-hydrogen) atoms. The second-order valence-electron chi connectivity index (χ2n) is 7.26. The predicted molar refractivity (Wildman–Crippen MR) is 107 cm³/mol. The highest BCUT2D eigenvalue weighted by molar-refractivity contribution is 5.94. The molecule has 1 fully saturated rings. The molecule has 1 aliphatic rings. The maximum Gasteiger partial charge on any atom is 0.227 e. The molecule has 146 valence electrons. The predicted octanol–water partition coefficient (Wildman–Crippen LogP) is 2.24. The number of fused-ring (bicyclic) bond motifs is 1. The normalized spacial score (nSPS) is 19.5. The van der Waals surface area contributed by atoms with Crippen molar-refractivity contribution < 1.29 is 4.79 Å². The van der Waals surface area contributed by atoms with Crippen molar-refractivity contribution >= 4 is 28.7 Å². The fourth-order valence-electron chi connectivity index (χ4n) is 3.47. The van der Waals surface area contributed by atoms with Gasteiger partial charge in [0.15, 0.2) is 17.1 Å². The Kier molecular flexibility index (Phi) is 5.16. The Morgan fingerprint density at radius 3 is 2.82 bits per heavy atom. The van der Waals surface area contributed by atoms with Gasteiger partial charge >= 0.3 is 0 Å². The number of rotatable bonds is 6. The van der Waals surface area contributed by atoms with E-state index in [1.54, 1.807) is 6.92 Å². The first-order chi connectivity index (χ1) is 13.6. The summed E-state index contributed by atoms with van der Waals surface area (Å²) >= 11 is 0. The zero-order valence-electron chi connectivity index (χ0n) is 15.8. The number of Topliss-reactive ketones (excluding diaryl/α,β-unsaturated/α-hetero) is 1. The van der Waals surface area contributed by atoms with Crippen molar-refractivity contribution in [1.82, 2.24) is 25.4 Å². The second kappa shape index (κ2) is 7.89. The highest BCUT2D eigenvalue weighted by Crippen LogP contribution is 2.23. The number of anilines is 2. The van der Waals surface area contributed by atoms with E-state index in [4.69, 9.17) is 5.73 Å². The Morgan fingerprint density at radius 1 is 1.21 bits per heavy atom. The van der Waals surface area contributed by atoms with Crippen LogP contribution in [-0.4, -0.2) is 43.2 Å². The van der Waals surface area contributed by atoms with Crippen molar-refractivity contribution in [2.24, 2.45) is 5.73 Å². The summed E-state index contributed by atoms with van der Waals surface area (Å²) in [6.45, 7) is 2.07. The molecule has 0 aliphatic heterocycles. The van der Waals surface area contributed by atoms with Crippen LogP contribution in [-0.2, 0) is 6.54 Å². The highest BCUT2D eigenvalue weighted by atomic mass is 16.1. The van der Waals surface area contributed by atoms with Crippen LogP contribution in [0.1, 0.15) is 48.5 Å². The number of nitrogens with two attached hydrogens (primary N) is 1. The number of nitrogens with one attached hydrogen (secondary N) is 3. The van der Waals surface area contributed by atoms with Gasteiger partial charge in [0.05, 0.1) is 0 Å². The number of ketones is 1. The van der Waals surface area contributed by atoms with E-state index in [2.05, 4.69) is 36.0 Å². The molecular weight excluding hydrogens is 356 g/mol. The number of aromatic amines is 1. The van der Waals surface area contributed by atoms with Gasteiger partial charge in [-0.3, -0.25) is 4.79 Å². The van der Waals surface area contributed by atoms with Gasteiger partial charge in [-0.25, -0.2) is 0 Å². The van der Waals surface area contributed by atoms with Crippen LogP contribution in [0.3, 0.4) is 0 Å². The first-order valence-corrected chi connectivity index (χ1v) is 9.53. The summed E-state index contributed by atoms with van der Waals surface area (Å²) in [6.07, 6.45) is 4.01. The number of benzene rings is 1. The van der Waals surface area contributed by atoms with Gasteiger partial charge in [0.1, 0.15) is 0 Å². The van der Waals surface area contributed by atoms with Crippen molar-refractivity contribution in [3.05, 3.63) is 35.4 Å². The van der Waals surface area contributed by atoms with Gasteiger partial charge in [-0.15, -0.1) is 5.10 Å². The fraction of sp³-hybridized carbons (Fsp3) is 0.421. The summed E-state index contributed by atoms with van der Waals surface area (Å²) in [5.41, 5.74) is 8.74. The average molecular weight is 380 g/mol. The monoisotopic (exact) mass is 380 g/mol. The lowest BCUT2D eigenvalue weighted by Crippen LogP contribution is -2.33. The van der Waals surface area contributed by atoms with Gasteiger partial charge in [0.25, 0.3) is 0 Å². The van der Waals surface area contributed by atoms with Gasteiger partial charge in [-0.05, 0) is 44.2 Å². The maximum absolute atomic E-state index is 11.6. The van der Waals surface area contributed by atoms with Gasteiger partial charge in [0, 0.05) is 24.2 Å². The van der Waals surface area contributed by atoms with E-state index in [0.717, 1.165) is 31.2 Å². The third-order valence-corrected chi connectivity index (χ3v) is 5.08. The first-order valence-electron chi connectivity index (χ1n) is 9.53. The van der Waals surface area contributed by atoms with Crippen molar-refractivity contribution in [3.8, 4) is 0 Å². The minimum Gasteiger partial charge on any atom is -0.364 e. The SMILES string of the molecule is CC(=O)c1cccc(CNc2nc(NC3CCC(N)CC3)nc3n[nH]nc23)c1. The zero-order chi connectivity index (χ0) is 19.5. The van der Waals surface area contributed by atoms with E-state index in [0.29, 0.717) is 47.1 Å². The van der Waals surface area contributed by atoms with Crippen LogP contribution in [0.2, 0.25) is 0 Å². The summed E-state index contributed by atoms with van der Waals surface area (Å²) in [5.74, 6) is 1.17. The third-order valence-electron chi connectivity index (χ3n) is 5.08. The number of carbonyl (C=O) groups excluding carboxylic acids is 1. The molecule has 9 nitrogen and oxygen atoms in total. The van der Waals surface area contributed by atoms with Crippen molar-refractivity contribution in [3.63, 3.8) is 0 Å². The summed E-state index contributed by atoms with van der Waals surface area (Å²) in [7, 11) is 0. The van der Waals surface area contributed by atoms with E-state index in [1.807, 2.05) is 24.3 Å². The molecule has 2 heterocycles. The van der Waals surface area contributed by atoms with Gasteiger partial charge in [-0.1, -0.05) is 18.2 Å². The van der Waals surface area contributed by atoms with Crippen molar-refractivity contribution in [2.45, 2.75) is 51.2 Å². The van der Waals surface area contributed by atoms with Crippen LogP contribution in [0.5, 0.6) is 0 Å². The molecule has 1 saturated carbocycles. The number of hydrogen-bond acceptors (Lipinski definition) is 8. The van der Waals surface area contributed by atoms with E-state index >= 15 is 0 Å². The number of aromatic nitrogens is 5. The number of hydrogen-bond donors (Lipinski definition) is 4. The topological polar surface area (TPSA) is 134 Å². The summed E-state index contributed by atoms with van der Waals surface area (Å²) in [5, 5.41) is 17.6. The number of nitrogens with zero attached hydrogens (tertiary/aromatic N) is 4. The standard InChI is InChI=1S/C19H24N8O/c1-11(28)13-4-2-3-12(9-13)10-21-17-16-18(26-27-25-16)24-19(23-17)22-15-7-5-14(20)6-8-15/h2-4,9,14-15H,5-8,10,20H2,1H3,(H3,21,22,23,24,25,26,27). The maximum atomic E-state index is 11.6. The molecule has 0 atom stereocenters. The lowest BCUT2D eigenvalue weighted by Gasteiger charge is -2.26. The molecule has 4 rings (SSSR count). The van der Waals surface area contributed by atoms with Crippen LogP contribution < -0.4 is 16.4 Å². The van der Waals surface area contributed by atoms with Gasteiger partial charge < -0.3 is 16.4 Å². The summed E-state index contributed by atoms with van der Waals surface area (Å²) < 4.78 is 0. The molecule has 1 aromatic carbocycles. The third kappa shape index (κ3) is 4.09. The lowest BCUT2D eigenvalue weighted by molar-refractivity contribution is 0.101. The largest absolute Gasteiger partial charge is 0.364 e. The Morgan fingerprint density at radius 2 is 2.04 bits per heavy atom. The Balaban J connectivity index is 1.52.